The quantitative estimate of drug-likeness (QED) is 0.826. The molecule has 1 aliphatic heterocycles. The normalized spacial score (nSPS) is 14.8. The van der Waals surface area contributed by atoms with Crippen LogP contribution in [0.5, 0.6) is 0 Å². The molecule has 0 aliphatic carbocycles. The Bertz CT molecular complexity index is 788. The molecule has 1 amide bonds. The second-order valence-electron chi connectivity index (χ2n) is 6.16. The molecule has 0 unspecified atom stereocenters. The van der Waals surface area contributed by atoms with E-state index in [9.17, 15) is 22.4 Å². The van der Waals surface area contributed by atoms with Gasteiger partial charge in [0.25, 0.3) is 0 Å². The predicted octanol–water partition coefficient (Wildman–Crippen LogP) is 3.18. The van der Waals surface area contributed by atoms with Crippen molar-refractivity contribution in [3.05, 3.63) is 59.5 Å². The van der Waals surface area contributed by atoms with Gasteiger partial charge in [-0.15, -0.1) is 0 Å². The molecule has 0 spiro atoms. The number of hydrogen-bond donors (Lipinski definition) is 1. The van der Waals surface area contributed by atoms with Gasteiger partial charge >= 0.3 is 6.18 Å². The maximum absolute atomic E-state index is 13.5. The summed E-state index contributed by atoms with van der Waals surface area (Å²) < 4.78 is 51.7. The number of nitrogens with one attached hydrogen (secondary N) is 1. The molecule has 1 saturated heterocycles. The number of hydrogen-bond acceptors (Lipinski definition) is 3. The molecular weight excluding hydrogens is 350 g/mol. The van der Waals surface area contributed by atoms with Gasteiger partial charge in [0, 0.05) is 25.7 Å². The average molecular weight is 367 g/mol. The number of nitrogens with zero attached hydrogens (tertiary/aromatic N) is 2. The second-order valence-corrected chi connectivity index (χ2v) is 6.16. The minimum atomic E-state index is -4.41. The number of aromatic nitrogens is 1. The van der Waals surface area contributed by atoms with E-state index in [2.05, 4.69) is 10.3 Å². The van der Waals surface area contributed by atoms with Gasteiger partial charge in [-0.1, -0.05) is 18.2 Å². The van der Waals surface area contributed by atoms with E-state index in [1.54, 1.807) is 23.1 Å². The first kappa shape index (κ1) is 18.2. The van der Waals surface area contributed by atoms with Gasteiger partial charge in [-0.25, -0.2) is 9.37 Å². The van der Waals surface area contributed by atoms with Gasteiger partial charge in [0.2, 0.25) is 5.91 Å². The number of alkyl halides is 3. The summed E-state index contributed by atoms with van der Waals surface area (Å²) in [6, 6.07) is 8.04. The largest absolute Gasteiger partial charge is 0.416 e. The van der Waals surface area contributed by atoms with E-state index in [1.807, 2.05) is 0 Å². The number of carbonyl (C=O) groups is 1. The van der Waals surface area contributed by atoms with Crippen LogP contribution in [0.4, 0.5) is 23.4 Å². The number of aryl methyl sites for hydroxylation is 1. The molecule has 1 N–H and O–H groups in total. The SMILES string of the molecule is O=C(CCc1ccccc1F)NC1CN(c2cc(C(F)(F)F)ccn2)C1. The zero-order valence-electron chi connectivity index (χ0n) is 13.8. The molecule has 0 bridgehead atoms. The summed E-state index contributed by atoms with van der Waals surface area (Å²) in [6.07, 6.45) is -2.84. The van der Waals surface area contributed by atoms with Crippen LogP contribution in [0.15, 0.2) is 42.6 Å². The number of pyridine rings is 1. The lowest BCUT2D eigenvalue weighted by molar-refractivity contribution is -0.137. The van der Waals surface area contributed by atoms with Gasteiger partial charge < -0.3 is 10.2 Å². The molecule has 1 aromatic carbocycles. The minimum absolute atomic E-state index is 0.152. The van der Waals surface area contributed by atoms with Crippen LogP contribution >= 0.6 is 0 Å². The maximum Gasteiger partial charge on any atom is 0.416 e. The number of halogens is 4. The van der Waals surface area contributed by atoms with Gasteiger partial charge in [0.1, 0.15) is 11.6 Å². The Hall–Kier alpha value is -2.64. The maximum atomic E-state index is 13.5. The number of anilines is 1. The zero-order valence-corrected chi connectivity index (χ0v) is 13.8. The van der Waals surface area contributed by atoms with Crippen LogP contribution in [-0.4, -0.2) is 30.0 Å². The Morgan fingerprint density at radius 1 is 1.23 bits per heavy atom. The molecule has 26 heavy (non-hydrogen) atoms. The standard InChI is InChI=1S/C18H17F4N3O/c19-15-4-2-1-3-12(15)5-6-17(26)24-14-10-25(11-14)16-9-13(7-8-23-16)18(20,21)22/h1-4,7-9,14H,5-6,10-11H2,(H,24,26). The van der Waals surface area contributed by atoms with Gasteiger partial charge in [0.05, 0.1) is 11.6 Å². The van der Waals surface area contributed by atoms with Crippen molar-refractivity contribution in [2.75, 3.05) is 18.0 Å². The van der Waals surface area contributed by atoms with Crippen molar-refractivity contribution in [1.29, 1.82) is 0 Å². The third kappa shape index (κ3) is 4.30. The molecule has 2 heterocycles. The molecule has 138 valence electrons. The predicted molar refractivity (Wildman–Crippen MR) is 88.1 cm³/mol. The van der Waals surface area contributed by atoms with Crippen LogP contribution in [0.2, 0.25) is 0 Å². The van der Waals surface area contributed by atoms with E-state index in [0.29, 0.717) is 25.1 Å². The van der Waals surface area contributed by atoms with Crippen molar-refractivity contribution in [3.8, 4) is 0 Å². The third-order valence-corrected chi connectivity index (χ3v) is 4.22. The molecule has 1 aromatic heterocycles. The Labute approximate surface area is 147 Å². The molecular formula is C18H17F4N3O. The lowest BCUT2D eigenvalue weighted by atomic mass is 10.1. The van der Waals surface area contributed by atoms with E-state index in [1.165, 1.54) is 6.07 Å². The van der Waals surface area contributed by atoms with Crippen molar-refractivity contribution in [3.63, 3.8) is 0 Å². The fraction of sp³-hybridized carbons (Fsp3) is 0.333. The van der Waals surface area contributed by atoms with Crippen molar-refractivity contribution >= 4 is 11.7 Å². The lowest BCUT2D eigenvalue weighted by Crippen LogP contribution is -2.59. The lowest BCUT2D eigenvalue weighted by Gasteiger charge is -2.40. The molecule has 0 atom stereocenters. The Kier molecular flexibility index (Phi) is 5.11. The molecule has 0 saturated carbocycles. The van der Waals surface area contributed by atoms with E-state index >= 15 is 0 Å². The molecule has 1 aliphatic rings. The topological polar surface area (TPSA) is 45.2 Å². The summed E-state index contributed by atoms with van der Waals surface area (Å²) in [7, 11) is 0. The van der Waals surface area contributed by atoms with Crippen LogP contribution in [0.3, 0.4) is 0 Å². The van der Waals surface area contributed by atoms with Crippen molar-refractivity contribution < 1.29 is 22.4 Å². The summed E-state index contributed by atoms with van der Waals surface area (Å²) in [4.78, 5) is 17.6. The van der Waals surface area contributed by atoms with Crippen LogP contribution in [0.25, 0.3) is 0 Å². The summed E-state index contributed by atoms with van der Waals surface area (Å²) >= 11 is 0. The Balaban J connectivity index is 1.47. The average Bonchev–Trinajstić information content (AvgIpc) is 2.56. The fourth-order valence-electron chi connectivity index (χ4n) is 2.77. The number of amides is 1. The fourth-order valence-corrected chi connectivity index (χ4v) is 2.77. The molecule has 4 nitrogen and oxygen atoms in total. The van der Waals surface area contributed by atoms with E-state index in [0.717, 1.165) is 18.3 Å². The summed E-state index contributed by atoms with van der Waals surface area (Å²) in [5.74, 6) is -0.322. The van der Waals surface area contributed by atoms with Crippen molar-refractivity contribution in [2.24, 2.45) is 0 Å². The third-order valence-electron chi connectivity index (χ3n) is 4.22. The Morgan fingerprint density at radius 2 is 1.96 bits per heavy atom. The Morgan fingerprint density at radius 3 is 2.65 bits per heavy atom. The highest BCUT2D eigenvalue weighted by molar-refractivity contribution is 5.77. The number of benzene rings is 1. The van der Waals surface area contributed by atoms with Gasteiger partial charge in [-0.05, 0) is 30.2 Å². The van der Waals surface area contributed by atoms with E-state index < -0.39 is 11.7 Å². The molecule has 8 heteroatoms. The van der Waals surface area contributed by atoms with Crippen molar-refractivity contribution in [2.45, 2.75) is 25.1 Å². The first-order valence-corrected chi connectivity index (χ1v) is 8.14. The first-order valence-electron chi connectivity index (χ1n) is 8.14. The highest BCUT2D eigenvalue weighted by Crippen LogP contribution is 2.31. The van der Waals surface area contributed by atoms with Crippen LogP contribution < -0.4 is 10.2 Å². The van der Waals surface area contributed by atoms with E-state index in [-0.39, 0.29) is 30.0 Å². The zero-order chi connectivity index (χ0) is 18.7. The summed E-state index contributed by atoms with van der Waals surface area (Å²) in [6.45, 7) is 0.777. The van der Waals surface area contributed by atoms with Gasteiger partial charge in [-0.2, -0.15) is 13.2 Å². The van der Waals surface area contributed by atoms with Crippen LogP contribution in [0, 0.1) is 5.82 Å². The molecule has 3 rings (SSSR count). The molecule has 0 radical (unpaired) electrons. The highest BCUT2D eigenvalue weighted by atomic mass is 19.4. The van der Waals surface area contributed by atoms with E-state index in [4.69, 9.17) is 0 Å². The number of carbonyl (C=O) groups excluding carboxylic acids is 1. The minimum Gasteiger partial charge on any atom is -0.352 e. The highest BCUT2D eigenvalue weighted by Gasteiger charge is 2.33. The van der Waals surface area contributed by atoms with Crippen LogP contribution in [-0.2, 0) is 17.4 Å². The number of rotatable bonds is 5. The van der Waals surface area contributed by atoms with Crippen LogP contribution in [0.1, 0.15) is 17.5 Å². The molecule has 1 fully saturated rings. The first-order chi connectivity index (χ1) is 12.3. The van der Waals surface area contributed by atoms with Crippen molar-refractivity contribution in [1.82, 2.24) is 10.3 Å². The summed E-state index contributed by atoms with van der Waals surface area (Å²) in [5, 5.41) is 2.80. The second kappa shape index (κ2) is 7.31. The summed E-state index contributed by atoms with van der Waals surface area (Å²) in [5.41, 5.74) is -0.272. The smallest absolute Gasteiger partial charge is 0.352 e. The monoisotopic (exact) mass is 367 g/mol. The van der Waals surface area contributed by atoms with Gasteiger partial charge in [0.15, 0.2) is 0 Å². The van der Waals surface area contributed by atoms with Gasteiger partial charge in [-0.3, -0.25) is 4.79 Å². The molecule has 2 aromatic rings.